The van der Waals surface area contributed by atoms with Gasteiger partial charge in [0.25, 0.3) is 0 Å². The molecule has 0 amide bonds. The van der Waals surface area contributed by atoms with Crippen LogP contribution in [0.5, 0.6) is 11.5 Å². The first kappa shape index (κ1) is 16.7. The Balaban J connectivity index is 1.86. The van der Waals surface area contributed by atoms with Crippen LogP contribution in [0.2, 0.25) is 0 Å². The molecule has 0 saturated carbocycles. The number of nitro benzene ring substituents is 1. The van der Waals surface area contributed by atoms with Crippen LogP contribution in [0.25, 0.3) is 11.3 Å². The fourth-order valence-corrected chi connectivity index (χ4v) is 3.91. The first-order valence-corrected chi connectivity index (χ1v) is 8.86. The third-order valence-corrected chi connectivity index (χ3v) is 5.07. The number of rotatable bonds is 5. The van der Waals surface area contributed by atoms with Gasteiger partial charge in [0.15, 0.2) is 5.75 Å². The lowest BCUT2D eigenvalue weighted by Crippen LogP contribution is -2.38. The van der Waals surface area contributed by atoms with Crippen LogP contribution < -0.4 is 14.4 Å². The first-order chi connectivity index (χ1) is 12.5. The Labute approximate surface area is 151 Å². The largest absolute Gasteiger partial charge is 0.493 e. The van der Waals surface area contributed by atoms with E-state index in [4.69, 9.17) is 9.47 Å². The highest BCUT2D eigenvalue weighted by Gasteiger charge is 2.36. The van der Waals surface area contributed by atoms with Crippen LogP contribution >= 0.6 is 0 Å². The molecule has 1 aromatic carbocycles. The summed E-state index contributed by atoms with van der Waals surface area (Å²) in [4.78, 5) is 13.5. The number of ether oxygens (including phenoxy) is 2. The number of aromatic nitrogens is 2. The number of benzene rings is 1. The van der Waals surface area contributed by atoms with Crippen molar-refractivity contribution in [3.8, 4) is 22.8 Å². The second kappa shape index (κ2) is 6.19. The molecule has 1 aromatic heterocycles. The Hall–Kier alpha value is -2.77. The molecule has 1 N–H and O–H groups in total. The van der Waals surface area contributed by atoms with E-state index in [1.165, 1.54) is 13.2 Å². The molecule has 2 bridgehead atoms. The number of H-pyrrole nitrogens is 1. The molecular formula is C18H22N4O4. The predicted octanol–water partition coefficient (Wildman–Crippen LogP) is 3.48. The van der Waals surface area contributed by atoms with Crippen LogP contribution in [0.4, 0.5) is 11.4 Å². The molecule has 0 radical (unpaired) electrons. The molecule has 0 unspecified atom stereocenters. The van der Waals surface area contributed by atoms with Crippen LogP contribution in [0, 0.1) is 10.1 Å². The summed E-state index contributed by atoms with van der Waals surface area (Å²) in [6.07, 6.45) is 2.05. The maximum atomic E-state index is 11.6. The fourth-order valence-electron chi connectivity index (χ4n) is 3.91. The van der Waals surface area contributed by atoms with Gasteiger partial charge in [-0.1, -0.05) is 0 Å². The molecule has 138 valence electrons. The molecular weight excluding hydrogens is 336 g/mol. The first-order valence-electron chi connectivity index (χ1n) is 8.86. The van der Waals surface area contributed by atoms with E-state index in [1.54, 1.807) is 6.07 Å². The number of aromatic amines is 1. The highest BCUT2D eigenvalue weighted by Crippen LogP contribution is 2.48. The number of nitro groups is 1. The number of hydrogen-bond donors (Lipinski definition) is 1. The lowest BCUT2D eigenvalue weighted by Gasteiger charge is -2.40. The highest BCUT2D eigenvalue weighted by molar-refractivity contribution is 5.82. The quantitative estimate of drug-likeness (QED) is 0.650. The van der Waals surface area contributed by atoms with Crippen molar-refractivity contribution in [1.82, 2.24) is 10.2 Å². The zero-order valence-electron chi connectivity index (χ0n) is 15.1. The van der Waals surface area contributed by atoms with Gasteiger partial charge in [0, 0.05) is 30.6 Å². The molecule has 3 aliphatic rings. The lowest BCUT2D eigenvalue weighted by molar-refractivity contribution is -0.386. The molecule has 4 heterocycles. The van der Waals surface area contributed by atoms with Crippen LogP contribution in [0.15, 0.2) is 12.1 Å². The van der Waals surface area contributed by atoms with Crippen molar-refractivity contribution in [3.05, 3.63) is 27.9 Å². The van der Waals surface area contributed by atoms with Crippen molar-refractivity contribution in [2.45, 2.75) is 38.7 Å². The number of nitrogens with zero attached hydrogens (tertiary/aromatic N) is 3. The minimum Gasteiger partial charge on any atom is -0.493 e. The number of nitrogens with one attached hydrogen (secondary N) is 1. The van der Waals surface area contributed by atoms with Crippen molar-refractivity contribution in [1.29, 1.82) is 0 Å². The summed E-state index contributed by atoms with van der Waals surface area (Å²) in [6.45, 7) is 5.65. The monoisotopic (exact) mass is 358 g/mol. The summed E-state index contributed by atoms with van der Waals surface area (Å²) < 4.78 is 11.1. The van der Waals surface area contributed by atoms with Gasteiger partial charge in [-0.3, -0.25) is 15.2 Å². The Kier molecular flexibility index (Phi) is 3.97. The number of methoxy groups -OCH3 is 1. The second-order valence-electron chi connectivity index (χ2n) is 7.05. The zero-order valence-corrected chi connectivity index (χ0v) is 15.1. The topological polar surface area (TPSA) is 93.5 Å². The molecule has 1 saturated heterocycles. The van der Waals surface area contributed by atoms with Gasteiger partial charge in [0.05, 0.1) is 29.5 Å². The van der Waals surface area contributed by atoms with Gasteiger partial charge in [-0.25, -0.2) is 0 Å². The molecule has 3 aliphatic heterocycles. The molecule has 8 heteroatoms. The molecule has 1 fully saturated rings. The second-order valence-corrected chi connectivity index (χ2v) is 7.05. The van der Waals surface area contributed by atoms with Crippen LogP contribution in [-0.2, 0) is 0 Å². The Morgan fingerprint density at radius 1 is 1.35 bits per heavy atom. The smallest absolute Gasteiger partial charge is 0.315 e. The molecule has 0 spiro atoms. The summed E-state index contributed by atoms with van der Waals surface area (Å²) >= 11 is 0. The molecule has 8 nitrogen and oxygen atoms in total. The van der Waals surface area contributed by atoms with Gasteiger partial charge in [0.2, 0.25) is 5.75 Å². The average molecular weight is 358 g/mol. The zero-order chi connectivity index (χ0) is 18.4. The van der Waals surface area contributed by atoms with Gasteiger partial charge < -0.3 is 14.4 Å². The third-order valence-electron chi connectivity index (χ3n) is 5.07. The van der Waals surface area contributed by atoms with Crippen LogP contribution in [0.1, 0.15) is 38.3 Å². The van der Waals surface area contributed by atoms with E-state index in [0.29, 0.717) is 17.2 Å². The van der Waals surface area contributed by atoms with Gasteiger partial charge in [-0.2, -0.15) is 5.10 Å². The van der Waals surface area contributed by atoms with E-state index >= 15 is 0 Å². The van der Waals surface area contributed by atoms with Crippen molar-refractivity contribution < 1.29 is 14.4 Å². The van der Waals surface area contributed by atoms with Crippen molar-refractivity contribution in [2.75, 3.05) is 25.1 Å². The van der Waals surface area contributed by atoms with Crippen molar-refractivity contribution in [3.63, 3.8) is 0 Å². The minimum absolute atomic E-state index is 0.110. The third kappa shape index (κ3) is 2.56. The molecule has 0 aliphatic carbocycles. The summed E-state index contributed by atoms with van der Waals surface area (Å²) in [5.41, 5.74) is 3.50. The minimum atomic E-state index is -0.435. The van der Waals surface area contributed by atoms with E-state index < -0.39 is 4.92 Å². The Morgan fingerprint density at radius 2 is 2.08 bits per heavy atom. The summed E-state index contributed by atoms with van der Waals surface area (Å²) in [7, 11) is 1.49. The standard InChI is InChI=1S/C18H22N4O4/c1-10(2)26-18-13(22(23)24)8-12(9-14(18)25-3)16-17-15(19-20-16)11-4-6-21(17)7-5-11/h8-11H,4-7H2,1-3H3,(H,19,20). The maximum Gasteiger partial charge on any atom is 0.315 e. The summed E-state index contributed by atoms with van der Waals surface area (Å²) in [6, 6.07) is 3.30. The number of piperidine rings is 1. The molecule has 0 atom stereocenters. The van der Waals surface area contributed by atoms with Crippen molar-refractivity contribution >= 4 is 11.4 Å². The van der Waals surface area contributed by atoms with Crippen LogP contribution in [-0.4, -0.2) is 41.4 Å². The number of anilines is 1. The summed E-state index contributed by atoms with van der Waals surface area (Å²) in [5, 5.41) is 19.3. The maximum absolute atomic E-state index is 11.6. The molecule has 26 heavy (non-hydrogen) atoms. The fraction of sp³-hybridized carbons (Fsp3) is 0.500. The van der Waals surface area contributed by atoms with Crippen LogP contribution in [0.3, 0.4) is 0 Å². The van der Waals surface area contributed by atoms with E-state index in [1.807, 2.05) is 13.8 Å². The highest BCUT2D eigenvalue weighted by atomic mass is 16.6. The normalized spacial score (nSPS) is 16.1. The van der Waals surface area contributed by atoms with Gasteiger partial charge >= 0.3 is 5.69 Å². The molecule has 2 aromatic rings. The van der Waals surface area contributed by atoms with Crippen molar-refractivity contribution in [2.24, 2.45) is 0 Å². The van der Waals surface area contributed by atoms with E-state index in [9.17, 15) is 10.1 Å². The van der Waals surface area contributed by atoms with Gasteiger partial charge in [-0.05, 0) is 32.8 Å². The average Bonchev–Trinajstić information content (AvgIpc) is 3.09. The Morgan fingerprint density at radius 3 is 2.69 bits per heavy atom. The molecule has 5 rings (SSSR count). The van der Waals surface area contributed by atoms with Gasteiger partial charge in [0.1, 0.15) is 5.69 Å². The predicted molar refractivity (Wildman–Crippen MR) is 97.2 cm³/mol. The lowest BCUT2D eigenvalue weighted by atomic mass is 9.86. The van der Waals surface area contributed by atoms with E-state index in [0.717, 1.165) is 43.0 Å². The SMILES string of the molecule is COc1cc(-c2n[nH]c3c2N2CCC3CC2)cc([N+](=O)[O-])c1OC(C)C. The van der Waals surface area contributed by atoms with E-state index in [2.05, 4.69) is 15.1 Å². The summed E-state index contributed by atoms with van der Waals surface area (Å²) in [5.74, 6) is 0.995. The van der Waals surface area contributed by atoms with Gasteiger partial charge in [-0.15, -0.1) is 0 Å². The number of fused-ring (bicyclic) bond motifs is 2. The van der Waals surface area contributed by atoms with E-state index in [-0.39, 0.29) is 17.5 Å². The number of hydrogen-bond acceptors (Lipinski definition) is 6. The Bertz CT molecular complexity index is 853.